The molecule has 0 atom stereocenters. The summed E-state index contributed by atoms with van der Waals surface area (Å²) >= 11 is 5.95. The highest BCUT2D eigenvalue weighted by atomic mass is 35.5. The van der Waals surface area contributed by atoms with Gasteiger partial charge in [0.1, 0.15) is 0 Å². The molecule has 1 aromatic rings. The van der Waals surface area contributed by atoms with E-state index in [9.17, 15) is 8.78 Å². The molecule has 5 heteroatoms. The molecule has 0 bridgehead atoms. The summed E-state index contributed by atoms with van der Waals surface area (Å²) in [5.74, 6) is -2.57. The highest BCUT2D eigenvalue weighted by molar-refractivity contribution is 6.18. The third-order valence-electron chi connectivity index (χ3n) is 3.59. The van der Waals surface area contributed by atoms with E-state index in [1.807, 2.05) is 0 Å². The Balaban J connectivity index is 2.00. The molecule has 0 saturated carbocycles. The molecule has 0 amide bonds. The summed E-state index contributed by atoms with van der Waals surface area (Å²) in [6.45, 7) is 0.733. The molecule has 19 heavy (non-hydrogen) atoms. The van der Waals surface area contributed by atoms with E-state index in [0.29, 0.717) is 31.9 Å². The van der Waals surface area contributed by atoms with Crippen molar-refractivity contribution in [3.8, 4) is 0 Å². The van der Waals surface area contributed by atoms with Crippen molar-refractivity contribution in [3.63, 3.8) is 0 Å². The second kappa shape index (κ2) is 6.16. The van der Waals surface area contributed by atoms with Gasteiger partial charge in [-0.05, 0) is 12.8 Å². The van der Waals surface area contributed by atoms with Crippen molar-refractivity contribution in [2.24, 2.45) is 0 Å². The Hall–Kier alpha value is -0.710. The molecular formula is C14H18ClF2NO. The van der Waals surface area contributed by atoms with Crippen LogP contribution in [0.15, 0.2) is 30.3 Å². The highest BCUT2D eigenvalue weighted by Gasteiger charge is 2.37. The minimum absolute atomic E-state index is 0.0271. The number of alkyl halides is 3. The number of rotatable bonds is 5. The predicted octanol–water partition coefficient (Wildman–Crippen LogP) is 3.16. The molecule has 2 rings (SSSR count). The van der Waals surface area contributed by atoms with Crippen LogP contribution in [-0.2, 0) is 10.7 Å². The predicted molar refractivity (Wildman–Crippen MR) is 71.8 cm³/mol. The monoisotopic (exact) mass is 289 g/mol. The van der Waals surface area contributed by atoms with Crippen molar-refractivity contribution in [2.75, 3.05) is 25.6 Å². The molecule has 1 N–H and O–H groups in total. The number of hydrogen-bond acceptors (Lipinski definition) is 2. The van der Waals surface area contributed by atoms with Crippen LogP contribution in [0.1, 0.15) is 18.4 Å². The molecule has 0 radical (unpaired) electrons. The fourth-order valence-corrected chi connectivity index (χ4v) is 2.56. The summed E-state index contributed by atoms with van der Waals surface area (Å²) in [5.41, 5.74) is -0.405. The number of hydrogen-bond donors (Lipinski definition) is 1. The van der Waals surface area contributed by atoms with Crippen molar-refractivity contribution in [2.45, 2.75) is 24.3 Å². The standard InChI is InChI=1S/C14H18ClF2NO/c15-10-13(6-8-19-9-7-13)18-11-14(16,17)12-4-2-1-3-5-12/h1-5,18H,6-11H2. The summed E-state index contributed by atoms with van der Waals surface area (Å²) in [4.78, 5) is 0. The topological polar surface area (TPSA) is 21.3 Å². The fourth-order valence-electron chi connectivity index (χ4n) is 2.20. The smallest absolute Gasteiger partial charge is 0.285 e. The van der Waals surface area contributed by atoms with E-state index in [1.165, 1.54) is 12.1 Å². The van der Waals surface area contributed by atoms with Crippen LogP contribution in [0.5, 0.6) is 0 Å². The second-order valence-electron chi connectivity index (χ2n) is 4.95. The van der Waals surface area contributed by atoms with Crippen LogP contribution in [-0.4, -0.2) is 31.2 Å². The second-order valence-corrected chi connectivity index (χ2v) is 5.22. The maximum absolute atomic E-state index is 14.1. The van der Waals surface area contributed by atoms with Gasteiger partial charge in [-0.3, -0.25) is 0 Å². The van der Waals surface area contributed by atoms with Gasteiger partial charge in [0.05, 0.1) is 6.54 Å². The van der Waals surface area contributed by atoms with Gasteiger partial charge in [0.15, 0.2) is 0 Å². The van der Waals surface area contributed by atoms with Crippen LogP contribution in [0.2, 0.25) is 0 Å². The van der Waals surface area contributed by atoms with E-state index >= 15 is 0 Å². The van der Waals surface area contributed by atoms with Gasteiger partial charge in [-0.25, -0.2) is 0 Å². The van der Waals surface area contributed by atoms with Gasteiger partial charge in [-0.2, -0.15) is 8.78 Å². The Kier molecular flexibility index (Phi) is 4.76. The number of nitrogens with one attached hydrogen (secondary N) is 1. The lowest BCUT2D eigenvalue weighted by atomic mass is 9.91. The van der Waals surface area contributed by atoms with Gasteiger partial charge in [0.2, 0.25) is 0 Å². The third-order valence-corrected chi connectivity index (χ3v) is 4.10. The lowest BCUT2D eigenvalue weighted by Gasteiger charge is -2.37. The lowest BCUT2D eigenvalue weighted by Crippen LogP contribution is -2.53. The molecule has 106 valence electrons. The maximum Gasteiger partial charge on any atom is 0.285 e. The zero-order chi connectivity index (χ0) is 13.8. The lowest BCUT2D eigenvalue weighted by molar-refractivity contribution is -0.0221. The molecule has 1 fully saturated rings. The van der Waals surface area contributed by atoms with E-state index in [0.717, 1.165) is 0 Å². The zero-order valence-corrected chi connectivity index (χ0v) is 11.4. The van der Waals surface area contributed by atoms with Crippen LogP contribution in [0, 0.1) is 0 Å². The normalized spacial score (nSPS) is 19.3. The first-order valence-corrected chi connectivity index (χ1v) is 6.94. The van der Waals surface area contributed by atoms with Crippen LogP contribution < -0.4 is 5.32 Å². The molecule has 0 aromatic heterocycles. The number of benzene rings is 1. The van der Waals surface area contributed by atoms with Gasteiger partial charge in [-0.1, -0.05) is 30.3 Å². The molecule has 1 saturated heterocycles. The van der Waals surface area contributed by atoms with Gasteiger partial charge in [0.25, 0.3) is 5.92 Å². The summed E-state index contributed by atoms with van der Waals surface area (Å²) < 4.78 is 33.4. The average Bonchev–Trinajstić information content (AvgIpc) is 2.47. The van der Waals surface area contributed by atoms with E-state index in [4.69, 9.17) is 16.3 Å². The molecular weight excluding hydrogens is 272 g/mol. The van der Waals surface area contributed by atoms with Crippen molar-refractivity contribution in [3.05, 3.63) is 35.9 Å². The summed E-state index contributed by atoms with van der Waals surface area (Å²) in [7, 11) is 0. The Bertz CT molecular complexity index is 394. The highest BCUT2D eigenvalue weighted by Crippen LogP contribution is 2.29. The van der Waals surface area contributed by atoms with E-state index in [-0.39, 0.29) is 5.56 Å². The van der Waals surface area contributed by atoms with Gasteiger partial charge < -0.3 is 10.1 Å². The van der Waals surface area contributed by atoms with Gasteiger partial charge in [0, 0.05) is 30.2 Å². The molecule has 1 aromatic carbocycles. The Morgan fingerprint density at radius 1 is 1.21 bits per heavy atom. The molecule has 1 aliphatic rings. The van der Waals surface area contributed by atoms with Crippen molar-refractivity contribution < 1.29 is 13.5 Å². The molecule has 0 unspecified atom stereocenters. The molecule has 1 heterocycles. The largest absolute Gasteiger partial charge is 0.381 e. The third kappa shape index (κ3) is 3.65. The quantitative estimate of drug-likeness (QED) is 0.841. The summed E-state index contributed by atoms with van der Waals surface area (Å²) in [6.07, 6.45) is 1.34. The van der Waals surface area contributed by atoms with Crippen LogP contribution in [0.3, 0.4) is 0 Å². The fraction of sp³-hybridized carbons (Fsp3) is 0.571. The van der Waals surface area contributed by atoms with Crippen molar-refractivity contribution in [1.82, 2.24) is 5.32 Å². The first kappa shape index (κ1) is 14.7. The number of halogens is 3. The Morgan fingerprint density at radius 2 is 1.84 bits per heavy atom. The minimum Gasteiger partial charge on any atom is -0.381 e. The van der Waals surface area contributed by atoms with Crippen molar-refractivity contribution >= 4 is 11.6 Å². The molecule has 1 aliphatic heterocycles. The molecule has 0 spiro atoms. The molecule has 2 nitrogen and oxygen atoms in total. The van der Waals surface area contributed by atoms with Crippen molar-refractivity contribution in [1.29, 1.82) is 0 Å². The molecule has 0 aliphatic carbocycles. The van der Waals surface area contributed by atoms with E-state index < -0.39 is 18.0 Å². The van der Waals surface area contributed by atoms with E-state index in [2.05, 4.69) is 5.32 Å². The zero-order valence-electron chi connectivity index (χ0n) is 10.7. The summed E-state index contributed by atoms with van der Waals surface area (Å²) in [5, 5.41) is 2.96. The van der Waals surface area contributed by atoms with Crippen LogP contribution >= 0.6 is 11.6 Å². The van der Waals surface area contributed by atoms with Gasteiger partial charge >= 0.3 is 0 Å². The SMILES string of the molecule is FC(F)(CNC1(CCl)CCOCC1)c1ccccc1. The first-order chi connectivity index (χ1) is 9.08. The average molecular weight is 290 g/mol. The Labute approximate surface area is 117 Å². The summed E-state index contributed by atoms with van der Waals surface area (Å²) in [6, 6.07) is 7.85. The van der Waals surface area contributed by atoms with E-state index in [1.54, 1.807) is 18.2 Å². The van der Waals surface area contributed by atoms with Gasteiger partial charge in [-0.15, -0.1) is 11.6 Å². The Morgan fingerprint density at radius 3 is 2.42 bits per heavy atom. The van der Waals surface area contributed by atoms with Crippen LogP contribution in [0.25, 0.3) is 0 Å². The number of ether oxygens (including phenoxy) is 1. The van der Waals surface area contributed by atoms with Crippen LogP contribution in [0.4, 0.5) is 8.78 Å². The maximum atomic E-state index is 14.1. The minimum atomic E-state index is -2.89. The first-order valence-electron chi connectivity index (χ1n) is 6.40.